The first kappa shape index (κ1) is 11.4. The molecule has 0 atom stereocenters. The quantitative estimate of drug-likeness (QED) is 0.771. The number of benzene rings is 1. The van der Waals surface area contributed by atoms with Crippen LogP contribution in [0.4, 0.5) is 5.69 Å². The van der Waals surface area contributed by atoms with Crippen molar-refractivity contribution >= 4 is 17.6 Å². The number of carboxylic acid groups (broad SMARTS) is 1. The molecular weight excluding hydrogens is 222 g/mol. The smallest absolute Gasteiger partial charge is 0.335 e. The lowest BCUT2D eigenvalue weighted by molar-refractivity contribution is -0.116. The summed E-state index contributed by atoms with van der Waals surface area (Å²) in [5.41, 5.74) is 1.16. The van der Waals surface area contributed by atoms with E-state index in [-0.39, 0.29) is 17.2 Å². The van der Waals surface area contributed by atoms with Crippen LogP contribution < -0.4 is 4.90 Å². The highest BCUT2D eigenvalue weighted by Gasteiger charge is 2.24. The van der Waals surface area contributed by atoms with E-state index in [2.05, 4.69) is 0 Å². The van der Waals surface area contributed by atoms with E-state index < -0.39 is 5.97 Å². The number of aromatic hydroxyl groups is 1. The molecule has 1 aliphatic rings. The van der Waals surface area contributed by atoms with Crippen LogP contribution in [0.15, 0.2) is 12.1 Å². The zero-order valence-corrected chi connectivity index (χ0v) is 9.43. The first-order chi connectivity index (χ1) is 8.00. The minimum absolute atomic E-state index is 0.00519. The minimum atomic E-state index is -1.11. The lowest BCUT2D eigenvalue weighted by Crippen LogP contribution is -2.33. The maximum absolute atomic E-state index is 11.5. The van der Waals surface area contributed by atoms with Crippen molar-refractivity contribution in [1.82, 2.24) is 0 Å². The Balaban J connectivity index is 2.58. The zero-order valence-electron chi connectivity index (χ0n) is 9.43. The Morgan fingerprint density at radius 1 is 1.35 bits per heavy atom. The summed E-state index contributed by atoms with van der Waals surface area (Å²) in [7, 11) is 0. The fourth-order valence-corrected chi connectivity index (χ4v) is 2.12. The van der Waals surface area contributed by atoms with Crippen molar-refractivity contribution in [2.45, 2.75) is 19.8 Å². The summed E-state index contributed by atoms with van der Waals surface area (Å²) in [5, 5.41) is 18.7. The number of anilines is 1. The summed E-state index contributed by atoms with van der Waals surface area (Å²) in [5.74, 6) is -1.31. The molecule has 0 bridgehead atoms. The summed E-state index contributed by atoms with van der Waals surface area (Å²) < 4.78 is 0. The highest BCUT2D eigenvalue weighted by molar-refractivity contribution is 5.96. The third-order valence-corrected chi connectivity index (χ3v) is 2.93. The van der Waals surface area contributed by atoms with Gasteiger partial charge >= 0.3 is 5.97 Å². The number of fused-ring (bicyclic) bond motifs is 1. The number of aromatic carboxylic acids is 1. The second kappa shape index (κ2) is 4.08. The average Bonchev–Trinajstić information content (AvgIpc) is 2.27. The summed E-state index contributed by atoms with van der Waals surface area (Å²) in [6.45, 7) is 1.99. The third kappa shape index (κ3) is 1.95. The van der Waals surface area contributed by atoms with Gasteiger partial charge < -0.3 is 15.1 Å². The molecule has 1 aliphatic heterocycles. The monoisotopic (exact) mass is 235 g/mol. The highest BCUT2D eigenvalue weighted by atomic mass is 16.4. The molecule has 5 heteroatoms. The van der Waals surface area contributed by atoms with Crippen molar-refractivity contribution in [1.29, 1.82) is 0 Å². The lowest BCUT2D eigenvalue weighted by atomic mass is 9.98. The SMILES string of the molecule is CC(=O)N1CCCc2c(O)cc(C(=O)O)cc21. The molecule has 5 nitrogen and oxygen atoms in total. The molecule has 0 spiro atoms. The first-order valence-corrected chi connectivity index (χ1v) is 5.38. The van der Waals surface area contributed by atoms with Gasteiger partial charge in [0.2, 0.25) is 5.91 Å². The Labute approximate surface area is 98.3 Å². The molecule has 0 saturated heterocycles. The summed E-state index contributed by atoms with van der Waals surface area (Å²) in [4.78, 5) is 23.9. The van der Waals surface area contributed by atoms with Crippen molar-refractivity contribution in [2.24, 2.45) is 0 Å². The van der Waals surface area contributed by atoms with E-state index in [9.17, 15) is 14.7 Å². The van der Waals surface area contributed by atoms with Crippen LogP contribution >= 0.6 is 0 Å². The highest BCUT2D eigenvalue weighted by Crippen LogP contribution is 2.35. The number of phenols is 1. The molecule has 1 aromatic rings. The molecule has 0 aromatic heterocycles. The fourth-order valence-electron chi connectivity index (χ4n) is 2.12. The molecule has 0 fully saturated rings. The third-order valence-electron chi connectivity index (χ3n) is 2.93. The van der Waals surface area contributed by atoms with Crippen molar-refractivity contribution in [2.75, 3.05) is 11.4 Å². The van der Waals surface area contributed by atoms with E-state index in [0.29, 0.717) is 24.2 Å². The summed E-state index contributed by atoms with van der Waals surface area (Å²) >= 11 is 0. The zero-order chi connectivity index (χ0) is 12.6. The van der Waals surface area contributed by atoms with Crippen molar-refractivity contribution in [3.63, 3.8) is 0 Å². The molecular formula is C12H13NO4. The molecule has 2 rings (SSSR count). The lowest BCUT2D eigenvalue weighted by Gasteiger charge is -2.29. The van der Waals surface area contributed by atoms with Gasteiger partial charge in [-0.1, -0.05) is 0 Å². The van der Waals surface area contributed by atoms with E-state index in [1.807, 2.05) is 0 Å². The Hall–Kier alpha value is -2.04. The van der Waals surface area contributed by atoms with Gasteiger partial charge in [0.25, 0.3) is 0 Å². The number of hydrogen-bond donors (Lipinski definition) is 2. The predicted octanol–water partition coefficient (Wildman–Crippen LogP) is 1.39. The minimum Gasteiger partial charge on any atom is -0.508 e. The van der Waals surface area contributed by atoms with Gasteiger partial charge in [0, 0.05) is 19.0 Å². The fraction of sp³-hybridized carbons (Fsp3) is 0.333. The standard InChI is InChI=1S/C12H13NO4/c1-7(14)13-4-2-3-9-10(13)5-8(12(16)17)6-11(9)15/h5-6,15H,2-4H2,1H3,(H,16,17). The predicted molar refractivity (Wildman–Crippen MR) is 61.4 cm³/mol. The van der Waals surface area contributed by atoms with Crippen LogP contribution in [0.2, 0.25) is 0 Å². The second-order valence-electron chi connectivity index (χ2n) is 4.07. The maximum atomic E-state index is 11.5. The molecule has 0 unspecified atom stereocenters. The summed E-state index contributed by atoms with van der Waals surface area (Å²) in [6, 6.07) is 2.67. The summed E-state index contributed by atoms with van der Waals surface area (Å²) in [6.07, 6.45) is 1.43. The molecule has 0 radical (unpaired) electrons. The van der Waals surface area contributed by atoms with Gasteiger partial charge in [-0.25, -0.2) is 4.79 Å². The molecule has 17 heavy (non-hydrogen) atoms. The van der Waals surface area contributed by atoms with E-state index in [4.69, 9.17) is 5.11 Å². The van der Waals surface area contributed by atoms with Crippen molar-refractivity contribution in [3.8, 4) is 5.75 Å². The Bertz CT molecular complexity index is 496. The van der Waals surface area contributed by atoms with E-state index in [0.717, 1.165) is 6.42 Å². The van der Waals surface area contributed by atoms with Gasteiger partial charge in [0.05, 0.1) is 11.3 Å². The van der Waals surface area contributed by atoms with Crippen LogP contribution in [0.25, 0.3) is 0 Å². The number of amides is 1. The van der Waals surface area contributed by atoms with Gasteiger partial charge in [0.1, 0.15) is 5.75 Å². The number of carbonyl (C=O) groups excluding carboxylic acids is 1. The van der Waals surface area contributed by atoms with E-state index in [1.54, 1.807) is 0 Å². The number of rotatable bonds is 1. The molecule has 1 amide bonds. The van der Waals surface area contributed by atoms with Gasteiger partial charge in [-0.05, 0) is 25.0 Å². The molecule has 90 valence electrons. The van der Waals surface area contributed by atoms with Crippen LogP contribution in [0.3, 0.4) is 0 Å². The van der Waals surface area contributed by atoms with Gasteiger partial charge in [-0.3, -0.25) is 4.79 Å². The second-order valence-corrected chi connectivity index (χ2v) is 4.07. The molecule has 1 heterocycles. The Morgan fingerprint density at radius 3 is 2.65 bits per heavy atom. The number of phenolic OH excluding ortho intramolecular Hbond substituents is 1. The molecule has 1 aromatic carbocycles. The maximum Gasteiger partial charge on any atom is 0.335 e. The van der Waals surface area contributed by atoms with Crippen molar-refractivity contribution < 1.29 is 19.8 Å². The molecule has 0 aliphatic carbocycles. The van der Waals surface area contributed by atoms with E-state index in [1.165, 1.54) is 24.0 Å². The number of nitrogens with zero attached hydrogens (tertiary/aromatic N) is 1. The van der Waals surface area contributed by atoms with Crippen LogP contribution in [0.1, 0.15) is 29.3 Å². The molecule has 2 N–H and O–H groups in total. The van der Waals surface area contributed by atoms with Crippen LogP contribution in [-0.4, -0.2) is 28.6 Å². The van der Waals surface area contributed by atoms with Gasteiger partial charge in [0.15, 0.2) is 0 Å². The number of hydrogen-bond acceptors (Lipinski definition) is 3. The number of carbonyl (C=O) groups is 2. The largest absolute Gasteiger partial charge is 0.508 e. The molecule has 0 saturated carbocycles. The Kier molecular flexibility index (Phi) is 2.75. The number of carboxylic acids is 1. The van der Waals surface area contributed by atoms with Gasteiger partial charge in [-0.2, -0.15) is 0 Å². The first-order valence-electron chi connectivity index (χ1n) is 5.38. The topological polar surface area (TPSA) is 77.8 Å². The van der Waals surface area contributed by atoms with Crippen LogP contribution in [0, 0.1) is 0 Å². The Morgan fingerprint density at radius 2 is 2.06 bits per heavy atom. The van der Waals surface area contributed by atoms with Crippen molar-refractivity contribution in [3.05, 3.63) is 23.3 Å². The van der Waals surface area contributed by atoms with Crippen LogP contribution in [-0.2, 0) is 11.2 Å². The normalized spacial score (nSPS) is 14.3. The average molecular weight is 235 g/mol. The van der Waals surface area contributed by atoms with E-state index >= 15 is 0 Å². The van der Waals surface area contributed by atoms with Gasteiger partial charge in [-0.15, -0.1) is 0 Å². The van der Waals surface area contributed by atoms with Crippen LogP contribution in [0.5, 0.6) is 5.75 Å².